The van der Waals surface area contributed by atoms with Crippen LogP contribution in [-0.2, 0) is 4.74 Å². The normalized spacial score (nSPS) is 16.6. The summed E-state index contributed by atoms with van der Waals surface area (Å²) in [6, 6.07) is 0.626. The number of halogens is 1. The molecule has 0 aromatic carbocycles. The summed E-state index contributed by atoms with van der Waals surface area (Å²) in [7, 11) is 4.01. The molecule has 1 aliphatic rings. The number of hydrogen-bond acceptors (Lipinski definition) is 3. The first-order chi connectivity index (χ1) is 11.6. The SMILES string of the molecule is CN=C(NCCCCN(C)C(C)C)NCCOC1CCCCCC1.I. The number of rotatable bonds is 10. The fourth-order valence-corrected chi connectivity index (χ4v) is 2.98. The van der Waals surface area contributed by atoms with Crippen molar-refractivity contribution in [3.8, 4) is 0 Å². The zero-order valence-corrected chi connectivity index (χ0v) is 19.2. The number of nitrogens with one attached hydrogen (secondary N) is 2. The number of aliphatic imine (C=N–C) groups is 1. The van der Waals surface area contributed by atoms with Crippen molar-refractivity contribution >= 4 is 29.9 Å². The highest BCUT2D eigenvalue weighted by Gasteiger charge is 2.12. The van der Waals surface area contributed by atoms with Gasteiger partial charge in [0.05, 0.1) is 12.7 Å². The molecule has 0 unspecified atom stereocenters. The lowest BCUT2D eigenvalue weighted by molar-refractivity contribution is 0.0468. The molecular weight excluding hydrogens is 427 g/mol. The van der Waals surface area contributed by atoms with E-state index in [0.717, 1.165) is 38.6 Å². The molecule has 0 saturated heterocycles. The van der Waals surface area contributed by atoms with Gasteiger partial charge in [0.1, 0.15) is 0 Å². The van der Waals surface area contributed by atoms with E-state index in [1.807, 2.05) is 7.05 Å². The van der Waals surface area contributed by atoms with Crippen LogP contribution in [0.25, 0.3) is 0 Å². The Balaban J connectivity index is 0.00000576. The molecule has 6 heteroatoms. The lowest BCUT2D eigenvalue weighted by atomic mass is 10.1. The molecule has 0 aromatic heterocycles. The Labute approximate surface area is 172 Å². The first-order valence-corrected chi connectivity index (χ1v) is 9.90. The van der Waals surface area contributed by atoms with Gasteiger partial charge >= 0.3 is 0 Å². The van der Waals surface area contributed by atoms with Gasteiger partial charge in [-0.25, -0.2) is 0 Å². The van der Waals surface area contributed by atoms with Crippen molar-refractivity contribution in [1.29, 1.82) is 0 Å². The van der Waals surface area contributed by atoms with Gasteiger partial charge in [0.25, 0.3) is 0 Å². The summed E-state index contributed by atoms with van der Waals surface area (Å²) < 4.78 is 6.00. The smallest absolute Gasteiger partial charge is 0.191 e. The standard InChI is InChI=1S/C19H40N4O.HI/c1-17(2)23(4)15-10-9-13-21-19(20-3)22-14-16-24-18-11-7-5-6-8-12-18;/h17-18H,5-16H2,1-4H3,(H2,20,21,22);1H. The Morgan fingerprint density at radius 3 is 2.32 bits per heavy atom. The first kappa shape index (κ1) is 24.9. The van der Waals surface area contributed by atoms with Crippen LogP contribution in [0.1, 0.15) is 65.2 Å². The summed E-state index contributed by atoms with van der Waals surface area (Å²) in [6.07, 6.45) is 10.7. The van der Waals surface area contributed by atoms with E-state index in [-0.39, 0.29) is 24.0 Å². The quantitative estimate of drug-likeness (QED) is 0.169. The highest BCUT2D eigenvalue weighted by atomic mass is 127. The zero-order valence-electron chi connectivity index (χ0n) is 16.9. The summed E-state index contributed by atoms with van der Waals surface area (Å²) in [5, 5.41) is 6.73. The molecular formula is C19H41IN4O. The van der Waals surface area contributed by atoms with Crippen molar-refractivity contribution in [1.82, 2.24) is 15.5 Å². The summed E-state index contributed by atoms with van der Waals surface area (Å²) >= 11 is 0. The van der Waals surface area contributed by atoms with E-state index in [0.29, 0.717) is 12.1 Å². The van der Waals surface area contributed by atoms with Crippen LogP contribution in [0.2, 0.25) is 0 Å². The third kappa shape index (κ3) is 12.8. The molecule has 150 valence electrons. The van der Waals surface area contributed by atoms with Crippen molar-refractivity contribution in [2.75, 3.05) is 40.3 Å². The summed E-state index contributed by atoms with van der Waals surface area (Å²) in [5.41, 5.74) is 0. The van der Waals surface area contributed by atoms with E-state index in [4.69, 9.17) is 4.74 Å². The highest BCUT2D eigenvalue weighted by molar-refractivity contribution is 14.0. The van der Waals surface area contributed by atoms with Crippen molar-refractivity contribution in [2.45, 2.75) is 77.4 Å². The zero-order chi connectivity index (χ0) is 17.6. The van der Waals surface area contributed by atoms with Gasteiger partial charge in [-0.3, -0.25) is 4.99 Å². The first-order valence-electron chi connectivity index (χ1n) is 9.90. The van der Waals surface area contributed by atoms with Gasteiger partial charge in [-0.05, 0) is 53.1 Å². The Morgan fingerprint density at radius 2 is 1.72 bits per heavy atom. The lowest BCUT2D eigenvalue weighted by Gasteiger charge is -2.20. The third-order valence-electron chi connectivity index (χ3n) is 4.89. The molecule has 25 heavy (non-hydrogen) atoms. The predicted molar refractivity (Wildman–Crippen MR) is 119 cm³/mol. The minimum absolute atomic E-state index is 0. The monoisotopic (exact) mass is 468 g/mol. The summed E-state index contributed by atoms with van der Waals surface area (Å²) in [6.45, 7) is 8.19. The molecule has 0 amide bonds. The third-order valence-corrected chi connectivity index (χ3v) is 4.89. The fourth-order valence-electron chi connectivity index (χ4n) is 2.98. The minimum atomic E-state index is 0. The molecule has 1 aliphatic carbocycles. The molecule has 0 spiro atoms. The second kappa shape index (κ2) is 16.1. The van der Waals surface area contributed by atoms with E-state index in [1.165, 1.54) is 44.9 Å². The number of guanidine groups is 1. The number of unbranched alkanes of at least 4 members (excludes halogenated alkanes) is 1. The molecule has 5 nitrogen and oxygen atoms in total. The van der Waals surface area contributed by atoms with Crippen LogP contribution in [0.3, 0.4) is 0 Å². The maximum Gasteiger partial charge on any atom is 0.191 e. The molecule has 0 radical (unpaired) electrons. The maximum absolute atomic E-state index is 6.00. The Morgan fingerprint density at radius 1 is 1.08 bits per heavy atom. The molecule has 1 fully saturated rings. The van der Waals surface area contributed by atoms with Crippen molar-refractivity contribution in [3.05, 3.63) is 0 Å². The van der Waals surface area contributed by atoms with Crippen LogP contribution in [0, 0.1) is 0 Å². The number of nitrogens with zero attached hydrogens (tertiary/aromatic N) is 2. The molecule has 0 heterocycles. The van der Waals surface area contributed by atoms with E-state index in [1.54, 1.807) is 0 Å². The minimum Gasteiger partial charge on any atom is -0.376 e. The Bertz CT molecular complexity index is 331. The van der Waals surface area contributed by atoms with Crippen LogP contribution in [0.15, 0.2) is 4.99 Å². The topological polar surface area (TPSA) is 48.9 Å². The van der Waals surface area contributed by atoms with Gasteiger partial charge in [0.2, 0.25) is 0 Å². The number of ether oxygens (including phenoxy) is 1. The Hall–Kier alpha value is -0.0800. The predicted octanol–water partition coefficient (Wildman–Crippen LogP) is 3.63. The van der Waals surface area contributed by atoms with Gasteiger partial charge in [-0.2, -0.15) is 0 Å². The van der Waals surface area contributed by atoms with Gasteiger partial charge in [-0.1, -0.05) is 25.7 Å². The fraction of sp³-hybridized carbons (Fsp3) is 0.947. The van der Waals surface area contributed by atoms with Crippen molar-refractivity contribution < 1.29 is 4.74 Å². The van der Waals surface area contributed by atoms with E-state index in [2.05, 4.69) is 41.4 Å². The molecule has 0 atom stereocenters. The van der Waals surface area contributed by atoms with Crippen LogP contribution < -0.4 is 10.6 Å². The largest absolute Gasteiger partial charge is 0.376 e. The highest BCUT2D eigenvalue weighted by Crippen LogP contribution is 2.19. The van der Waals surface area contributed by atoms with E-state index >= 15 is 0 Å². The van der Waals surface area contributed by atoms with Gasteiger partial charge < -0.3 is 20.3 Å². The average Bonchev–Trinajstić information content (AvgIpc) is 2.84. The van der Waals surface area contributed by atoms with Gasteiger partial charge in [-0.15, -0.1) is 24.0 Å². The maximum atomic E-state index is 6.00. The Kier molecular flexibility index (Phi) is 16.1. The van der Waals surface area contributed by atoms with E-state index in [9.17, 15) is 0 Å². The van der Waals surface area contributed by atoms with Crippen LogP contribution in [-0.4, -0.2) is 63.3 Å². The molecule has 0 bridgehead atoms. The second-order valence-electron chi connectivity index (χ2n) is 7.19. The summed E-state index contributed by atoms with van der Waals surface area (Å²) in [5.74, 6) is 0.886. The molecule has 1 rings (SSSR count). The summed E-state index contributed by atoms with van der Waals surface area (Å²) in [4.78, 5) is 6.66. The second-order valence-corrected chi connectivity index (χ2v) is 7.19. The van der Waals surface area contributed by atoms with Crippen LogP contribution in [0.5, 0.6) is 0 Å². The van der Waals surface area contributed by atoms with Crippen LogP contribution in [0.4, 0.5) is 0 Å². The molecule has 0 aliphatic heterocycles. The van der Waals surface area contributed by atoms with Crippen molar-refractivity contribution in [2.24, 2.45) is 4.99 Å². The van der Waals surface area contributed by atoms with Gasteiger partial charge in [0, 0.05) is 26.2 Å². The molecule has 0 aromatic rings. The lowest BCUT2D eigenvalue weighted by Crippen LogP contribution is -2.40. The van der Waals surface area contributed by atoms with Crippen molar-refractivity contribution in [3.63, 3.8) is 0 Å². The number of hydrogen-bond donors (Lipinski definition) is 2. The van der Waals surface area contributed by atoms with Gasteiger partial charge in [0.15, 0.2) is 5.96 Å². The molecule has 2 N–H and O–H groups in total. The van der Waals surface area contributed by atoms with Crippen LogP contribution >= 0.6 is 24.0 Å². The average molecular weight is 468 g/mol. The van der Waals surface area contributed by atoms with E-state index < -0.39 is 0 Å². The molecule has 1 saturated carbocycles.